The van der Waals surface area contributed by atoms with Crippen molar-refractivity contribution in [2.24, 2.45) is 0 Å². The van der Waals surface area contributed by atoms with E-state index in [-0.39, 0.29) is 24.5 Å². The Morgan fingerprint density at radius 3 is 2.37 bits per heavy atom. The summed E-state index contributed by atoms with van der Waals surface area (Å²) in [5.74, 6) is -0.139. The summed E-state index contributed by atoms with van der Waals surface area (Å²) in [6, 6.07) is 7.83. The molecule has 0 radical (unpaired) electrons. The molecule has 1 aromatic rings. The van der Waals surface area contributed by atoms with Crippen LogP contribution in [0.4, 0.5) is 4.79 Å². The molecule has 0 saturated carbocycles. The Bertz CT molecular complexity index is 484. The highest BCUT2D eigenvalue weighted by atomic mass is 16.2. The molecule has 1 aliphatic heterocycles. The minimum Gasteiger partial charge on any atom is -0.318 e. The lowest BCUT2D eigenvalue weighted by Gasteiger charge is -2.22. The molecule has 1 aliphatic rings. The van der Waals surface area contributed by atoms with Crippen LogP contribution < -0.4 is 5.32 Å². The summed E-state index contributed by atoms with van der Waals surface area (Å²) < 4.78 is 0. The molecule has 1 fully saturated rings. The van der Waals surface area contributed by atoms with Crippen LogP contribution in [0.5, 0.6) is 0 Å². The first kappa shape index (κ1) is 13.5. The number of rotatable bonds is 4. The molecular formula is C14H19N3O2. The van der Waals surface area contributed by atoms with E-state index in [1.54, 1.807) is 7.05 Å². The van der Waals surface area contributed by atoms with E-state index >= 15 is 0 Å². The van der Waals surface area contributed by atoms with E-state index in [1.165, 1.54) is 15.4 Å². The topological polar surface area (TPSA) is 52.7 Å². The van der Waals surface area contributed by atoms with Crippen molar-refractivity contribution < 1.29 is 9.59 Å². The fourth-order valence-corrected chi connectivity index (χ4v) is 2.19. The number of amides is 3. The second kappa shape index (κ2) is 5.40. The van der Waals surface area contributed by atoms with Gasteiger partial charge in [0.25, 0.3) is 0 Å². The molecule has 3 amide bonds. The van der Waals surface area contributed by atoms with Gasteiger partial charge >= 0.3 is 6.03 Å². The highest BCUT2D eigenvalue weighted by molar-refractivity contribution is 6.01. The van der Waals surface area contributed by atoms with Gasteiger partial charge in [-0.15, -0.1) is 0 Å². The van der Waals surface area contributed by atoms with Gasteiger partial charge in [0, 0.05) is 13.6 Å². The Hall–Kier alpha value is -1.88. The Balaban J connectivity index is 2.13. The van der Waals surface area contributed by atoms with Crippen molar-refractivity contribution in [2.45, 2.75) is 13.0 Å². The van der Waals surface area contributed by atoms with E-state index in [0.29, 0.717) is 6.54 Å². The Kier molecular flexibility index (Phi) is 3.85. The predicted octanol–water partition coefficient (Wildman–Crippen LogP) is 1.15. The third-order valence-corrected chi connectivity index (χ3v) is 3.42. The quantitative estimate of drug-likeness (QED) is 0.827. The zero-order valence-electron chi connectivity index (χ0n) is 11.5. The van der Waals surface area contributed by atoms with E-state index in [0.717, 1.165) is 5.56 Å². The molecule has 0 spiro atoms. The minimum absolute atomic E-state index is 0.0417. The second-order valence-corrected chi connectivity index (χ2v) is 4.89. The van der Waals surface area contributed by atoms with Crippen molar-refractivity contribution in [3.05, 3.63) is 35.4 Å². The molecule has 1 N–H and O–H groups in total. The van der Waals surface area contributed by atoms with E-state index in [2.05, 4.69) is 5.32 Å². The van der Waals surface area contributed by atoms with Gasteiger partial charge in [-0.2, -0.15) is 0 Å². The highest BCUT2D eigenvalue weighted by Gasteiger charge is 2.34. The lowest BCUT2D eigenvalue weighted by molar-refractivity contribution is -0.125. The van der Waals surface area contributed by atoms with E-state index in [1.807, 2.05) is 38.2 Å². The molecule has 1 atom stereocenters. The maximum absolute atomic E-state index is 11.9. The highest BCUT2D eigenvalue weighted by Crippen LogP contribution is 2.18. The van der Waals surface area contributed by atoms with E-state index in [4.69, 9.17) is 0 Å². The van der Waals surface area contributed by atoms with Crippen molar-refractivity contribution in [2.75, 3.05) is 27.2 Å². The molecule has 2 rings (SSSR count). The average molecular weight is 261 g/mol. The summed E-state index contributed by atoms with van der Waals surface area (Å²) in [4.78, 5) is 26.4. The van der Waals surface area contributed by atoms with Crippen LogP contribution in [0.25, 0.3) is 0 Å². The second-order valence-electron chi connectivity index (χ2n) is 4.89. The number of hydrogen-bond acceptors (Lipinski definition) is 3. The number of carbonyl (C=O) groups is 2. The largest absolute Gasteiger partial charge is 0.327 e. The van der Waals surface area contributed by atoms with Crippen LogP contribution in [0.15, 0.2) is 24.3 Å². The molecule has 1 saturated heterocycles. The van der Waals surface area contributed by atoms with Gasteiger partial charge in [-0.3, -0.25) is 9.69 Å². The number of nitrogens with one attached hydrogen (secondary N) is 1. The van der Waals surface area contributed by atoms with Crippen LogP contribution in [0.3, 0.4) is 0 Å². The molecule has 1 aromatic carbocycles. The predicted molar refractivity (Wildman–Crippen MR) is 72.7 cm³/mol. The minimum atomic E-state index is -0.225. The summed E-state index contributed by atoms with van der Waals surface area (Å²) in [6.45, 7) is 2.56. The molecule has 5 heteroatoms. The van der Waals surface area contributed by atoms with Crippen molar-refractivity contribution in [3.8, 4) is 0 Å². The standard InChI is InChI=1S/C14H19N3O2/c1-10-4-6-11(7-5-10)12(15-2)8-17-13(18)9-16(3)14(17)19/h4-7,12,15H,8-9H2,1-3H3. The lowest BCUT2D eigenvalue weighted by Crippen LogP contribution is -2.38. The van der Waals surface area contributed by atoms with Gasteiger partial charge in [-0.25, -0.2) is 4.79 Å². The zero-order chi connectivity index (χ0) is 14.0. The van der Waals surface area contributed by atoms with Gasteiger partial charge in [0.05, 0.1) is 6.04 Å². The van der Waals surface area contributed by atoms with Crippen molar-refractivity contribution in [1.29, 1.82) is 0 Å². The Labute approximate surface area is 113 Å². The number of likely N-dealkylation sites (N-methyl/N-ethyl adjacent to an activating group) is 2. The first-order valence-electron chi connectivity index (χ1n) is 6.32. The van der Waals surface area contributed by atoms with E-state index < -0.39 is 0 Å². The molecule has 19 heavy (non-hydrogen) atoms. The van der Waals surface area contributed by atoms with Gasteiger partial charge in [-0.1, -0.05) is 29.8 Å². The SMILES string of the molecule is CNC(CN1C(=O)CN(C)C1=O)c1ccc(C)cc1. The van der Waals surface area contributed by atoms with E-state index in [9.17, 15) is 9.59 Å². The monoisotopic (exact) mass is 261 g/mol. The molecule has 102 valence electrons. The lowest BCUT2D eigenvalue weighted by atomic mass is 10.0. The smallest absolute Gasteiger partial charge is 0.318 e. The van der Waals surface area contributed by atoms with Gasteiger partial charge in [-0.05, 0) is 19.5 Å². The van der Waals surface area contributed by atoms with Gasteiger partial charge in [0.1, 0.15) is 6.54 Å². The number of hydrogen-bond donors (Lipinski definition) is 1. The van der Waals surface area contributed by atoms with Crippen LogP contribution in [0.2, 0.25) is 0 Å². The normalized spacial score (nSPS) is 17.2. The molecule has 0 aliphatic carbocycles. The number of aryl methyl sites for hydroxylation is 1. The maximum atomic E-state index is 11.9. The summed E-state index contributed by atoms with van der Waals surface area (Å²) in [6.07, 6.45) is 0. The molecular weight excluding hydrogens is 242 g/mol. The first-order chi connectivity index (χ1) is 9.02. The number of imide groups is 1. The third kappa shape index (κ3) is 2.76. The van der Waals surface area contributed by atoms with Crippen molar-refractivity contribution >= 4 is 11.9 Å². The first-order valence-corrected chi connectivity index (χ1v) is 6.32. The molecule has 0 aromatic heterocycles. The van der Waals surface area contributed by atoms with Crippen LogP contribution in [-0.2, 0) is 4.79 Å². The third-order valence-electron chi connectivity index (χ3n) is 3.42. The summed E-state index contributed by atoms with van der Waals surface area (Å²) in [5.41, 5.74) is 2.26. The summed E-state index contributed by atoms with van der Waals surface area (Å²) >= 11 is 0. The summed E-state index contributed by atoms with van der Waals surface area (Å²) in [7, 11) is 3.47. The number of benzene rings is 1. The molecule has 5 nitrogen and oxygen atoms in total. The van der Waals surface area contributed by atoms with Crippen LogP contribution >= 0.6 is 0 Å². The van der Waals surface area contributed by atoms with Gasteiger partial charge in [0.2, 0.25) is 5.91 Å². The molecule has 0 bridgehead atoms. The van der Waals surface area contributed by atoms with Crippen molar-refractivity contribution in [3.63, 3.8) is 0 Å². The van der Waals surface area contributed by atoms with Crippen LogP contribution in [-0.4, -0.2) is 48.9 Å². The fourth-order valence-electron chi connectivity index (χ4n) is 2.19. The average Bonchev–Trinajstić information content (AvgIpc) is 2.63. The van der Waals surface area contributed by atoms with Crippen LogP contribution in [0, 0.1) is 6.92 Å². The molecule has 1 heterocycles. The summed E-state index contributed by atoms with van der Waals surface area (Å²) in [5, 5.41) is 3.16. The maximum Gasteiger partial charge on any atom is 0.327 e. The fraction of sp³-hybridized carbons (Fsp3) is 0.429. The Morgan fingerprint density at radius 1 is 1.26 bits per heavy atom. The zero-order valence-corrected chi connectivity index (χ0v) is 11.5. The van der Waals surface area contributed by atoms with Crippen LogP contribution in [0.1, 0.15) is 17.2 Å². The van der Waals surface area contributed by atoms with Gasteiger partial charge in [0.15, 0.2) is 0 Å². The van der Waals surface area contributed by atoms with Crippen molar-refractivity contribution in [1.82, 2.24) is 15.1 Å². The number of urea groups is 1. The molecule has 1 unspecified atom stereocenters. The Morgan fingerprint density at radius 2 is 1.89 bits per heavy atom. The van der Waals surface area contributed by atoms with Gasteiger partial charge < -0.3 is 10.2 Å². The number of nitrogens with zero attached hydrogens (tertiary/aromatic N) is 2. The number of carbonyl (C=O) groups excluding carboxylic acids is 2.